The Morgan fingerprint density at radius 3 is 2.88 bits per heavy atom. The van der Waals surface area contributed by atoms with Crippen LogP contribution in [0.5, 0.6) is 0 Å². The lowest BCUT2D eigenvalue weighted by molar-refractivity contribution is -0.122. The summed E-state index contributed by atoms with van der Waals surface area (Å²) in [6.07, 6.45) is 2.45. The highest BCUT2D eigenvalue weighted by Crippen LogP contribution is 2.24. The van der Waals surface area contributed by atoms with E-state index in [9.17, 15) is 9.90 Å². The van der Waals surface area contributed by atoms with Crippen molar-refractivity contribution in [2.45, 2.75) is 31.4 Å². The fourth-order valence-electron chi connectivity index (χ4n) is 1.58. The van der Waals surface area contributed by atoms with Gasteiger partial charge in [-0.2, -0.15) is 0 Å². The van der Waals surface area contributed by atoms with E-state index < -0.39 is 6.10 Å². The molecule has 0 aromatic carbocycles. The van der Waals surface area contributed by atoms with E-state index in [1.165, 1.54) is 12.8 Å². The summed E-state index contributed by atoms with van der Waals surface area (Å²) >= 11 is 0. The topological polar surface area (TPSA) is 61.8 Å². The molecule has 0 aliphatic heterocycles. The van der Waals surface area contributed by atoms with Crippen LogP contribution in [0.4, 0.5) is 0 Å². The number of hydrogen-bond acceptors (Lipinski definition) is 4. The van der Waals surface area contributed by atoms with Crippen LogP contribution in [0.2, 0.25) is 0 Å². The monoisotopic (exact) mass is 230 g/mol. The first kappa shape index (κ1) is 13.4. The SMILES string of the molecule is COCC(O)CCNC(=O)CN(C)C1CC1. The van der Waals surface area contributed by atoms with Gasteiger partial charge in [-0.15, -0.1) is 0 Å². The van der Waals surface area contributed by atoms with Crippen molar-refractivity contribution >= 4 is 5.91 Å². The van der Waals surface area contributed by atoms with Gasteiger partial charge in [-0.1, -0.05) is 0 Å². The van der Waals surface area contributed by atoms with Crippen LogP contribution in [0.3, 0.4) is 0 Å². The molecule has 1 rings (SSSR count). The second kappa shape index (κ2) is 6.83. The van der Waals surface area contributed by atoms with Gasteiger partial charge in [-0.05, 0) is 26.3 Å². The third kappa shape index (κ3) is 5.44. The van der Waals surface area contributed by atoms with Gasteiger partial charge < -0.3 is 15.2 Å². The molecule has 0 aromatic rings. The number of nitrogens with zero attached hydrogens (tertiary/aromatic N) is 1. The summed E-state index contributed by atoms with van der Waals surface area (Å²) in [4.78, 5) is 13.5. The summed E-state index contributed by atoms with van der Waals surface area (Å²) in [5.41, 5.74) is 0. The predicted octanol–water partition coefficient (Wildman–Crippen LogP) is -0.406. The molecule has 1 amide bonds. The maximum atomic E-state index is 11.5. The predicted molar refractivity (Wildman–Crippen MR) is 61.2 cm³/mol. The number of aliphatic hydroxyl groups excluding tert-OH is 1. The Labute approximate surface area is 96.8 Å². The summed E-state index contributed by atoms with van der Waals surface area (Å²) < 4.78 is 4.79. The minimum absolute atomic E-state index is 0.0269. The van der Waals surface area contributed by atoms with Crippen LogP contribution in [0.15, 0.2) is 0 Å². The zero-order valence-corrected chi connectivity index (χ0v) is 10.1. The van der Waals surface area contributed by atoms with Crippen LogP contribution in [0.25, 0.3) is 0 Å². The average Bonchev–Trinajstić information content (AvgIpc) is 3.00. The molecule has 5 nitrogen and oxygen atoms in total. The van der Waals surface area contributed by atoms with Crippen LogP contribution < -0.4 is 5.32 Å². The van der Waals surface area contributed by atoms with Gasteiger partial charge in [0.2, 0.25) is 5.91 Å². The molecular weight excluding hydrogens is 208 g/mol. The first-order valence-electron chi connectivity index (χ1n) is 5.77. The van der Waals surface area contributed by atoms with Crippen molar-refractivity contribution in [3.05, 3.63) is 0 Å². The highest BCUT2D eigenvalue weighted by molar-refractivity contribution is 5.78. The summed E-state index contributed by atoms with van der Waals surface area (Å²) in [6.45, 7) is 1.27. The number of hydrogen-bond donors (Lipinski definition) is 2. The number of carbonyl (C=O) groups is 1. The van der Waals surface area contributed by atoms with Crippen molar-refractivity contribution in [2.75, 3.05) is 33.9 Å². The molecule has 1 aliphatic carbocycles. The van der Waals surface area contributed by atoms with E-state index >= 15 is 0 Å². The molecule has 0 radical (unpaired) electrons. The molecule has 1 atom stereocenters. The molecular formula is C11H22N2O3. The lowest BCUT2D eigenvalue weighted by atomic mass is 10.2. The number of carbonyl (C=O) groups excluding carboxylic acids is 1. The molecule has 1 aliphatic rings. The molecule has 2 N–H and O–H groups in total. The number of likely N-dealkylation sites (N-methyl/N-ethyl adjacent to an activating group) is 1. The van der Waals surface area contributed by atoms with E-state index in [1.807, 2.05) is 7.05 Å². The maximum Gasteiger partial charge on any atom is 0.234 e. The molecule has 0 saturated heterocycles. The zero-order chi connectivity index (χ0) is 12.0. The van der Waals surface area contributed by atoms with Crippen molar-refractivity contribution in [1.82, 2.24) is 10.2 Å². The smallest absolute Gasteiger partial charge is 0.234 e. The fourth-order valence-corrected chi connectivity index (χ4v) is 1.58. The molecule has 0 aromatic heterocycles. The lowest BCUT2D eigenvalue weighted by Gasteiger charge is -2.15. The summed E-state index contributed by atoms with van der Waals surface area (Å²) in [6, 6.07) is 0.602. The second-order valence-electron chi connectivity index (χ2n) is 4.39. The highest BCUT2D eigenvalue weighted by Gasteiger charge is 2.27. The summed E-state index contributed by atoms with van der Waals surface area (Å²) in [5.74, 6) is 0.0269. The van der Waals surface area contributed by atoms with Crippen molar-refractivity contribution in [3.63, 3.8) is 0 Å². The van der Waals surface area contributed by atoms with Gasteiger partial charge in [0.05, 0.1) is 19.3 Å². The van der Waals surface area contributed by atoms with Crippen molar-refractivity contribution < 1.29 is 14.6 Å². The number of rotatable bonds is 8. The van der Waals surface area contributed by atoms with Crippen LogP contribution in [0, 0.1) is 0 Å². The van der Waals surface area contributed by atoms with Crippen molar-refractivity contribution in [1.29, 1.82) is 0 Å². The lowest BCUT2D eigenvalue weighted by Crippen LogP contribution is -2.37. The molecule has 1 unspecified atom stereocenters. The van der Waals surface area contributed by atoms with Crippen molar-refractivity contribution in [2.24, 2.45) is 0 Å². The normalized spacial score (nSPS) is 17.5. The molecule has 94 valence electrons. The standard InChI is InChI=1S/C11H22N2O3/c1-13(9-3-4-9)7-11(15)12-6-5-10(14)8-16-2/h9-10,14H,3-8H2,1-2H3,(H,12,15). The van der Waals surface area contributed by atoms with Gasteiger partial charge in [-0.25, -0.2) is 0 Å². The second-order valence-corrected chi connectivity index (χ2v) is 4.39. The zero-order valence-electron chi connectivity index (χ0n) is 10.1. The van der Waals surface area contributed by atoms with E-state index in [0.29, 0.717) is 32.2 Å². The largest absolute Gasteiger partial charge is 0.391 e. The number of nitrogens with one attached hydrogen (secondary N) is 1. The summed E-state index contributed by atoms with van der Waals surface area (Å²) in [5, 5.41) is 12.1. The van der Waals surface area contributed by atoms with Gasteiger partial charge in [0.25, 0.3) is 0 Å². The number of methoxy groups -OCH3 is 1. The Morgan fingerprint density at radius 2 is 2.31 bits per heavy atom. The van der Waals surface area contributed by atoms with Crippen molar-refractivity contribution in [3.8, 4) is 0 Å². The number of aliphatic hydroxyl groups is 1. The maximum absolute atomic E-state index is 11.5. The van der Waals surface area contributed by atoms with Crippen LogP contribution in [-0.2, 0) is 9.53 Å². The minimum Gasteiger partial charge on any atom is -0.391 e. The van der Waals surface area contributed by atoms with Gasteiger partial charge in [0.15, 0.2) is 0 Å². The van der Waals surface area contributed by atoms with Gasteiger partial charge in [0.1, 0.15) is 0 Å². The Hall–Kier alpha value is -0.650. The third-order valence-electron chi connectivity index (χ3n) is 2.72. The highest BCUT2D eigenvalue weighted by atomic mass is 16.5. The third-order valence-corrected chi connectivity index (χ3v) is 2.72. The van der Waals surface area contributed by atoms with E-state index in [0.717, 1.165) is 0 Å². The Kier molecular flexibility index (Phi) is 5.73. The molecule has 5 heteroatoms. The molecule has 1 saturated carbocycles. The number of amides is 1. The number of ether oxygens (including phenoxy) is 1. The first-order valence-corrected chi connectivity index (χ1v) is 5.77. The van der Waals surface area contributed by atoms with Crippen LogP contribution >= 0.6 is 0 Å². The molecule has 1 fully saturated rings. The Bertz CT molecular complexity index is 219. The van der Waals surface area contributed by atoms with Gasteiger partial charge in [-0.3, -0.25) is 9.69 Å². The van der Waals surface area contributed by atoms with E-state index in [2.05, 4.69) is 10.2 Å². The van der Waals surface area contributed by atoms with Gasteiger partial charge >= 0.3 is 0 Å². The average molecular weight is 230 g/mol. The van der Waals surface area contributed by atoms with E-state index in [4.69, 9.17) is 4.74 Å². The van der Waals surface area contributed by atoms with Crippen LogP contribution in [0.1, 0.15) is 19.3 Å². The van der Waals surface area contributed by atoms with E-state index in [1.54, 1.807) is 7.11 Å². The Balaban J connectivity index is 2.01. The van der Waals surface area contributed by atoms with E-state index in [-0.39, 0.29) is 5.91 Å². The first-order chi connectivity index (χ1) is 7.63. The fraction of sp³-hybridized carbons (Fsp3) is 0.909. The van der Waals surface area contributed by atoms with Crippen LogP contribution in [-0.4, -0.2) is 61.9 Å². The molecule has 16 heavy (non-hydrogen) atoms. The molecule has 0 bridgehead atoms. The Morgan fingerprint density at radius 1 is 1.62 bits per heavy atom. The summed E-state index contributed by atoms with van der Waals surface area (Å²) in [7, 11) is 3.52. The quantitative estimate of drug-likeness (QED) is 0.595. The van der Waals surface area contributed by atoms with Gasteiger partial charge in [0, 0.05) is 19.7 Å². The minimum atomic E-state index is -0.494. The molecule has 0 spiro atoms. The molecule has 0 heterocycles.